The van der Waals surface area contributed by atoms with Gasteiger partial charge in [0.1, 0.15) is 5.82 Å². The first-order valence-corrected chi connectivity index (χ1v) is 14.1. The highest BCUT2D eigenvalue weighted by Gasteiger charge is 2.28. The molecule has 0 aliphatic heterocycles. The summed E-state index contributed by atoms with van der Waals surface area (Å²) in [5.74, 6) is 0.738. The third-order valence-corrected chi connectivity index (χ3v) is 7.81. The lowest BCUT2D eigenvalue weighted by Gasteiger charge is -2.35. The van der Waals surface area contributed by atoms with Crippen LogP contribution in [0.25, 0.3) is 11.0 Å². The highest BCUT2D eigenvalue weighted by Crippen LogP contribution is 2.34. The molecule has 1 N–H and O–H groups in total. The number of halogens is 2. The van der Waals surface area contributed by atoms with Crippen LogP contribution in [0.3, 0.4) is 0 Å². The zero-order chi connectivity index (χ0) is 27.2. The molecule has 4 aromatic rings. The summed E-state index contributed by atoms with van der Waals surface area (Å²) in [6.07, 6.45) is 11.6. The molecule has 0 radical (unpaired) electrons. The number of hydrogen-bond donors (Lipinski definition) is 1. The van der Waals surface area contributed by atoms with Crippen LogP contribution in [0.15, 0.2) is 67.6 Å². The third-order valence-electron chi connectivity index (χ3n) is 7.23. The van der Waals surface area contributed by atoms with E-state index < -0.39 is 0 Å². The summed E-state index contributed by atoms with van der Waals surface area (Å²) in [6.45, 7) is 6.76. The number of benzene rings is 1. The fourth-order valence-corrected chi connectivity index (χ4v) is 5.94. The van der Waals surface area contributed by atoms with E-state index in [1.807, 2.05) is 30.5 Å². The number of imidazole rings is 1. The fourth-order valence-electron chi connectivity index (χ4n) is 5.40. The lowest BCUT2D eigenvalue weighted by atomic mass is 9.90. The van der Waals surface area contributed by atoms with Crippen molar-refractivity contribution in [2.75, 3.05) is 13.1 Å². The molecule has 9 heteroatoms. The molecule has 0 fully saturated rings. The fraction of sp³-hybridized carbons (Fsp3) is 0.333. The van der Waals surface area contributed by atoms with Gasteiger partial charge in [-0.05, 0) is 62.4 Å². The summed E-state index contributed by atoms with van der Waals surface area (Å²) in [6, 6.07) is 12.7. The average Bonchev–Trinajstić information content (AvgIpc) is 3.29. The lowest BCUT2D eigenvalue weighted by Crippen LogP contribution is -2.34. The van der Waals surface area contributed by atoms with E-state index in [4.69, 9.17) is 33.2 Å². The van der Waals surface area contributed by atoms with E-state index in [9.17, 15) is 4.79 Å². The molecule has 1 atom stereocenters. The average molecular weight is 564 g/mol. The van der Waals surface area contributed by atoms with E-state index in [0.29, 0.717) is 19.6 Å². The molecule has 7 nitrogen and oxygen atoms in total. The van der Waals surface area contributed by atoms with Crippen LogP contribution in [0.1, 0.15) is 59.2 Å². The van der Waals surface area contributed by atoms with Crippen LogP contribution in [-0.4, -0.2) is 43.4 Å². The maximum absolute atomic E-state index is 12.6. The van der Waals surface area contributed by atoms with Crippen molar-refractivity contribution in [3.63, 3.8) is 0 Å². The Labute approximate surface area is 238 Å². The van der Waals surface area contributed by atoms with Gasteiger partial charge in [-0.3, -0.25) is 19.7 Å². The molecule has 5 rings (SSSR count). The molecule has 0 spiro atoms. The second-order valence-electron chi connectivity index (χ2n) is 9.78. The van der Waals surface area contributed by atoms with Gasteiger partial charge in [-0.15, -0.1) is 6.58 Å². The van der Waals surface area contributed by atoms with Crippen molar-refractivity contribution in [3.05, 3.63) is 100 Å². The predicted octanol–water partition coefficient (Wildman–Crippen LogP) is 6.41. The normalized spacial score (nSPS) is 14.9. The van der Waals surface area contributed by atoms with Crippen molar-refractivity contribution < 1.29 is 4.79 Å². The summed E-state index contributed by atoms with van der Waals surface area (Å²) in [5, 5.41) is 3.44. The highest BCUT2D eigenvalue weighted by atomic mass is 35.5. The monoisotopic (exact) mass is 562 g/mol. The molecule has 1 aliphatic carbocycles. The van der Waals surface area contributed by atoms with E-state index in [1.54, 1.807) is 0 Å². The zero-order valence-corrected chi connectivity index (χ0v) is 23.3. The number of amides is 1. The van der Waals surface area contributed by atoms with Gasteiger partial charge in [0, 0.05) is 31.7 Å². The van der Waals surface area contributed by atoms with E-state index in [-0.39, 0.29) is 27.6 Å². The summed E-state index contributed by atoms with van der Waals surface area (Å²) in [5.41, 5.74) is 4.88. The van der Waals surface area contributed by atoms with E-state index in [1.165, 1.54) is 23.7 Å². The van der Waals surface area contributed by atoms with Gasteiger partial charge in [-0.2, -0.15) is 0 Å². The van der Waals surface area contributed by atoms with Gasteiger partial charge in [-0.25, -0.2) is 4.98 Å². The Bertz CT molecular complexity index is 1450. The van der Waals surface area contributed by atoms with E-state index in [2.05, 4.69) is 44.5 Å². The molecule has 0 saturated heterocycles. The number of aryl methyl sites for hydroxylation is 1. The quantitative estimate of drug-likeness (QED) is 0.169. The molecule has 3 heterocycles. The minimum absolute atomic E-state index is 0.218. The summed E-state index contributed by atoms with van der Waals surface area (Å²) in [4.78, 5) is 28.9. The number of unbranched alkanes of at least 4 members (excludes halogenated alkanes) is 1. The molecule has 202 valence electrons. The van der Waals surface area contributed by atoms with Crippen molar-refractivity contribution >= 4 is 40.1 Å². The van der Waals surface area contributed by atoms with Gasteiger partial charge in [0.25, 0.3) is 5.91 Å². The van der Waals surface area contributed by atoms with Gasteiger partial charge in [-0.1, -0.05) is 47.5 Å². The van der Waals surface area contributed by atoms with Gasteiger partial charge >= 0.3 is 0 Å². The molecular formula is C30H32Cl2N6O. The molecule has 1 aromatic carbocycles. The molecule has 1 aliphatic rings. The standard InChI is InChI=1S/C30H32Cl2N6O/c1-2-16-38-25-12-4-3-11-24(25)36-27(38)20-37(26-13-7-9-21-10-8-15-34-29(21)26)17-6-5-14-35-30(39)28-22(31)18-33-19-23(28)32/h2-4,8,10-12,15,18-19,26H,1,5-7,9,13-14,16-17,20H2,(H,35,39)/t26-/m0/s1. The molecule has 0 unspecified atom stereocenters. The number of aromatic nitrogens is 4. The Morgan fingerprint density at radius 2 is 1.97 bits per heavy atom. The van der Waals surface area contributed by atoms with Crippen LogP contribution in [0.4, 0.5) is 0 Å². The van der Waals surface area contributed by atoms with E-state index >= 15 is 0 Å². The number of hydrogen-bond acceptors (Lipinski definition) is 5. The van der Waals surface area contributed by atoms with Crippen LogP contribution in [0.5, 0.6) is 0 Å². The van der Waals surface area contributed by atoms with Crippen molar-refractivity contribution in [3.8, 4) is 0 Å². The second kappa shape index (κ2) is 12.7. The molecular weight excluding hydrogens is 531 g/mol. The number of allylic oxidation sites excluding steroid dienone is 1. The Kier molecular flexibility index (Phi) is 8.91. The van der Waals surface area contributed by atoms with E-state index in [0.717, 1.165) is 55.5 Å². The Morgan fingerprint density at radius 3 is 2.79 bits per heavy atom. The number of carbonyl (C=O) groups is 1. The topological polar surface area (TPSA) is 75.9 Å². The summed E-state index contributed by atoms with van der Waals surface area (Å²) < 4.78 is 2.25. The van der Waals surface area contributed by atoms with Crippen LogP contribution < -0.4 is 5.32 Å². The van der Waals surface area contributed by atoms with Crippen molar-refractivity contribution in [1.29, 1.82) is 0 Å². The van der Waals surface area contributed by atoms with Crippen LogP contribution in [0, 0.1) is 0 Å². The predicted molar refractivity (Wildman–Crippen MR) is 156 cm³/mol. The Morgan fingerprint density at radius 1 is 1.15 bits per heavy atom. The number of pyridine rings is 2. The smallest absolute Gasteiger partial charge is 0.254 e. The maximum atomic E-state index is 12.6. The van der Waals surface area contributed by atoms with Gasteiger partial charge in [0.05, 0.1) is 44.9 Å². The van der Waals surface area contributed by atoms with Gasteiger partial charge in [0.2, 0.25) is 0 Å². The zero-order valence-electron chi connectivity index (χ0n) is 21.8. The minimum atomic E-state index is -0.284. The number of fused-ring (bicyclic) bond motifs is 2. The Hall–Kier alpha value is -3.26. The van der Waals surface area contributed by atoms with Gasteiger partial charge in [0.15, 0.2) is 0 Å². The number of rotatable bonds is 11. The third kappa shape index (κ3) is 6.16. The molecule has 0 bridgehead atoms. The van der Waals surface area contributed by atoms with Crippen molar-refractivity contribution in [2.45, 2.75) is 51.2 Å². The molecule has 3 aromatic heterocycles. The summed E-state index contributed by atoms with van der Waals surface area (Å²) >= 11 is 12.3. The number of para-hydroxylation sites is 2. The van der Waals surface area contributed by atoms with Crippen LogP contribution in [-0.2, 0) is 19.5 Å². The first kappa shape index (κ1) is 27.3. The second-order valence-corrected chi connectivity index (χ2v) is 10.6. The first-order valence-electron chi connectivity index (χ1n) is 13.4. The molecule has 39 heavy (non-hydrogen) atoms. The van der Waals surface area contributed by atoms with Crippen molar-refractivity contribution in [2.24, 2.45) is 0 Å². The first-order chi connectivity index (χ1) is 19.1. The number of nitrogens with one attached hydrogen (secondary N) is 1. The molecule has 1 amide bonds. The van der Waals surface area contributed by atoms with Crippen molar-refractivity contribution in [1.82, 2.24) is 29.7 Å². The lowest BCUT2D eigenvalue weighted by molar-refractivity contribution is 0.0952. The maximum Gasteiger partial charge on any atom is 0.254 e. The highest BCUT2D eigenvalue weighted by molar-refractivity contribution is 6.39. The number of nitrogens with zero attached hydrogens (tertiary/aromatic N) is 5. The largest absolute Gasteiger partial charge is 0.352 e. The number of carbonyl (C=O) groups excluding carboxylic acids is 1. The summed E-state index contributed by atoms with van der Waals surface area (Å²) in [7, 11) is 0. The molecule has 0 saturated carbocycles. The van der Waals surface area contributed by atoms with Crippen LogP contribution in [0.2, 0.25) is 10.0 Å². The Balaban J connectivity index is 1.31. The SMILES string of the molecule is C=CCn1c(CN(CCCCNC(=O)c2c(Cl)cncc2Cl)[C@H]2CCCc3cccnc32)nc2ccccc21. The minimum Gasteiger partial charge on any atom is -0.352 e. The van der Waals surface area contributed by atoms with Crippen LogP contribution >= 0.6 is 23.2 Å². The van der Waals surface area contributed by atoms with Gasteiger partial charge < -0.3 is 9.88 Å².